The fourth-order valence-electron chi connectivity index (χ4n) is 1.33. The Morgan fingerprint density at radius 1 is 1.44 bits per heavy atom. The lowest BCUT2D eigenvalue weighted by molar-refractivity contribution is 0.0427. The van der Waals surface area contributed by atoms with E-state index in [-0.39, 0.29) is 0 Å². The van der Waals surface area contributed by atoms with Crippen LogP contribution in [-0.4, -0.2) is 31.0 Å². The highest BCUT2D eigenvalue weighted by Crippen LogP contribution is 2.14. The minimum absolute atomic E-state index is 0.367. The van der Waals surface area contributed by atoms with Gasteiger partial charge in [0.2, 0.25) is 0 Å². The number of ether oxygens (including phenoxy) is 1. The molecule has 0 aromatic heterocycles. The van der Waals surface area contributed by atoms with Crippen molar-refractivity contribution in [3.8, 4) is 0 Å². The van der Waals surface area contributed by atoms with Gasteiger partial charge in [0, 0.05) is 24.7 Å². The van der Waals surface area contributed by atoms with E-state index in [1.54, 1.807) is 0 Å². The zero-order chi connectivity index (χ0) is 11.8. The van der Waals surface area contributed by atoms with Crippen LogP contribution in [0, 0.1) is 0 Å². The summed E-state index contributed by atoms with van der Waals surface area (Å²) in [6, 6.07) is 7.66. The Bertz CT molecular complexity index is 307. The summed E-state index contributed by atoms with van der Waals surface area (Å²) in [5, 5.41) is 13.4. The second kappa shape index (κ2) is 7.63. The Morgan fingerprint density at radius 2 is 2.19 bits per heavy atom. The van der Waals surface area contributed by atoms with E-state index < -0.39 is 6.10 Å². The number of nitrogens with one attached hydrogen (secondary N) is 1. The van der Waals surface area contributed by atoms with E-state index in [0.717, 1.165) is 10.6 Å². The minimum atomic E-state index is -0.470. The van der Waals surface area contributed by atoms with Gasteiger partial charge >= 0.3 is 0 Å². The average molecular weight is 244 g/mol. The SMILES string of the molecule is CCOCC(O)CNCc1ccccc1Cl. The van der Waals surface area contributed by atoms with Crippen molar-refractivity contribution in [2.45, 2.75) is 19.6 Å². The van der Waals surface area contributed by atoms with E-state index in [1.165, 1.54) is 0 Å². The normalized spacial score (nSPS) is 12.7. The van der Waals surface area contributed by atoms with Crippen LogP contribution in [-0.2, 0) is 11.3 Å². The molecule has 0 bridgehead atoms. The molecule has 0 saturated carbocycles. The molecule has 1 atom stereocenters. The molecular weight excluding hydrogens is 226 g/mol. The lowest BCUT2D eigenvalue weighted by atomic mass is 10.2. The van der Waals surface area contributed by atoms with Gasteiger partial charge in [0.25, 0.3) is 0 Å². The maximum Gasteiger partial charge on any atom is 0.0897 e. The van der Waals surface area contributed by atoms with E-state index in [9.17, 15) is 5.11 Å². The van der Waals surface area contributed by atoms with Crippen molar-refractivity contribution in [2.75, 3.05) is 19.8 Å². The van der Waals surface area contributed by atoms with Crippen molar-refractivity contribution in [1.82, 2.24) is 5.32 Å². The molecule has 90 valence electrons. The second-order valence-electron chi connectivity index (χ2n) is 3.54. The summed E-state index contributed by atoms with van der Waals surface area (Å²) >= 11 is 6.00. The first-order valence-electron chi connectivity index (χ1n) is 5.44. The number of halogens is 1. The maximum absolute atomic E-state index is 9.51. The van der Waals surface area contributed by atoms with Gasteiger partial charge in [-0.2, -0.15) is 0 Å². The van der Waals surface area contributed by atoms with Crippen molar-refractivity contribution in [3.05, 3.63) is 34.9 Å². The molecule has 2 N–H and O–H groups in total. The predicted molar refractivity (Wildman–Crippen MR) is 65.7 cm³/mol. The fraction of sp³-hybridized carbons (Fsp3) is 0.500. The number of rotatable bonds is 7. The molecule has 4 heteroatoms. The van der Waals surface area contributed by atoms with Crippen LogP contribution in [0.15, 0.2) is 24.3 Å². The third-order valence-electron chi connectivity index (χ3n) is 2.17. The first-order chi connectivity index (χ1) is 7.74. The van der Waals surface area contributed by atoms with Gasteiger partial charge in [-0.05, 0) is 18.6 Å². The quantitative estimate of drug-likeness (QED) is 0.768. The van der Waals surface area contributed by atoms with Crippen molar-refractivity contribution in [1.29, 1.82) is 0 Å². The van der Waals surface area contributed by atoms with Crippen molar-refractivity contribution < 1.29 is 9.84 Å². The molecule has 0 radical (unpaired) electrons. The van der Waals surface area contributed by atoms with E-state index in [4.69, 9.17) is 16.3 Å². The van der Waals surface area contributed by atoms with Crippen molar-refractivity contribution in [2.24, 2.45) is 0 Å². The van der Waals surface area contributed by atoms with Crippen LogP contribution in [0.25, 0.3) is 0 Å². The summed E-state index contributed by atoms with van der Waals surface area (Å²) in [6.07, 6.45) is -0.470. The molecule has 3 nitrogen and oxygen atoms in total. The van der Waals surface area contributed by atoms with Gasteiger partial charge in [-0.3, -0.25) is 0 Å². The summed E-state index contributed by atoms with van der Waals surface area (Å²) < 4.78 is 5.11. The minimum Gasteiger partial charge on any atom is -0.389 e. The molecule has 0 aliphatic carbocycles. The van der Waals surface area contributed by atoms with Crippen LogP contribution in [0.5, 0.6) is 0 Å². The molecule has 0 fully saturated rings. The highest BCUT2D eigenvalue weighted by atomic mass is 35.5. The van der Waals surface area contributed by atoms with Crippen LogP contribution >= 0.6 is 11.6 Å². The van der Waals surface area contributed by atoms with E-state index >= 15 is 0 Å². The molecule has 1 unspecified atom stereocenters. The zero-order valence-corrected chi connectivity index (χ0v) is 10.2. The summed E-state index contributed by atoms with van der Waals surface area (Å²) in [6.45, 7) is 4.06. The average Bonchev–Trinajstić information content (AvgIpc) is 2.29. The predicted octanol–water partition coefficient (Wildman–Crippen LogP) is 1.83. The van der Waals surface area contributed by atoms with Crippen LogP contribution in [0.2, 0.25) is 5.02 Å². The molecule has 0 saturated heterocycles. The van der Waals surface area contributed by atoms with Gasteiger partial charge in [-0.25, -0.2) is 0 Å². The van der Waals surface area contributed by atoms with Crippen LogP contribution in [0.4, 0.5) is 0 Å². The van der Waals surface area contributed by atoms with E-state index in [2.05, 4.69) is 5.32 Å². The Morgan fingerprint density at radius 3 is 2.88 bits per heavy atom. The Labute approximate surface area is 101 Å². The maximum atomic E-state index is 9.51. The van der Waals surface area contributed by atoms with Crippen molar-refractivity contribution >= 4 is 11.6 Å². The van der Waals surface area contributed by atoms with Crippen molar-refractivity contribution in [3.63, 3.8) is 0 Å². The van der Waals surface area contributed by atoms with Gasteiger partial charge in [0.05, 0.1) is 12.7 Å². The molecule has 1 rings (SSSR count). The number of aliphatic hydroxyl groups excluding tert-OH is 1. The lowest BCUT2D eigenvalue weighted by Crippen LogP contribution is -2.30. The Balaban J connectivity index is 2.23. The van der Waals surface area contributed by atoms with Gasteiger partial charge < -0.3 is 15.2 Å². The Kier molecular flexibility index (Phi) is 6.42. The molecule has 0 spiro atoms. The molecule has 0 heterocycles. The summed E-state index contributed by atoms with van der Waals surface area (Å²) in [5.74, 6) is 0. The number of benzene rings is 1. The molecule has 0 amide bonds. The summed E-state index contributed by atoms with van der Waals surface area (Å²) in [5.41, 5.74) is 1.03. The van der Waals surface area contributed by atoms with Gasteiger partial charge in [0.15, 0.2) is 0 Å². The summed E-state index contributed by atoms with van der Waals surface area (Å²) in [7, 11) is 0. The third-order valence-corrected chi connectivity index (χ3v) is 2.54. The molecule has 0 aliphatic rings. The zero-order valence-electron chi connectivity index (χ0n) is 9.45. The number of hydrogen-bond donors (Lipinski definition) is 2. The third kappa shape index (κ3) is 4.94. The van der Waals surface area contributed by atoms with Gasteiger partial charge in [0.1, 0.15) is 0 Å². The summed E-state index contributed by atoms with van der Waals surface area (Å²) in [4.78, 5) is 0. The second-order valence-corrected chi connectivity index (χ2v) is 3.94. The smallest absolute Gasteiger partial charge is 0.0897 e. The highest BCUT2D eigenvalue weighted by Gasteiger charge is 2.04. The molecule has 1 aromatic carbocycles. The molecule has 0 aliphatic heterocycles. The largest absolute Gasteiger partial charge is 0.389 e. The number of hydrogen-bond acceptors (Lipinski definition) is 3. The molecular formula is C12H18ClNO2. The first-order valence-corrected chi connectivity index (χ1v) is 5.81. The first kappa shape index (κ1) is 13.5. The molecule has 16 heavy (non-hydrogen) atoms. The van der Waals surface area contributed by atoms with Gasteiger partial charge in [-0.15, -0.1) is 0 Å². The fourth-order valence-corrected chi connectivity index (χ4v) is 1.53. The Hall–Kier alpha value is -0.610. The standard InChI is InChI=1S/C12H18ClNO2/c1-2-16-9-11(15)8-14-7-10-5-3-4-6-12(10)13/h3-6,11,14-15H,2,7-9H2,1H3. The highest BCUT2D eigenvalue weighted by molar-refractivity contribution is 6.31. The topological polar surface area (TPSA) is 41.5 Å². The molecule has 1 aromatic rings. The lowest BCUT2D eigenvalue weighted by Gasteiger charge is -2.12. The van der Waals surface area contributed by atoms with Gasteiger partial charge in [-0.1, -0.05) is 29.8 Å². The van der Waals surface area contributed by atoms with Crippen LogP contribution in [0.1, 0.15) is 12.5 Å². The van der Waals surface area contributed by atoms with E-state index in [1.807, 2.05) is 31.2 Å². The van der Waals surface area contributed by atoms with Crippen LogP contribution < -0.4 is 5.32 Å². The van der Waals surface area contributed by atoms with Crippen LogP contribution in [0.3, 0.4) is 0 Å². The number of aliphatic hydroxyl groups is 1. The van der Waals surface area contributed by atoms with E-state index in [0.29, 0.717) is 26.3 Å². The monoisotopic (exact) mass is 243 g/mol.